The fourth-order valence-corrected chi connectivity index (χ4v) is 4.39. The highest BCUT2D eigenvalue weighted by atomic mass is 35.5. The van der Waals surface area contributed by atoms with Crippen molar-refractivity contribution in [1.29, 1.82) is 0 Å². The number of nitrogens with one attached hydrogen (secondary N) is 1. The van der Waals surface area contributed by atoms with Crippen LogP contribution in [-0.4, -0.2) is 26.7 Å². The van der Waals surface area contributed by atoms with Crippen LogP contribution in [0.5, 0.6) is 0 Å². The zero-order valence-corrected chi connectivity index (χ0v) is 14.7. The Morgan fingerprint density at radius 3 is 2.48 bits per heavy atom. The predicted octanol–water partition coefficient (Wildman–Crippen LogP) is 3.30. The lowest BCUT2D eigenvalue weighted by molar-refractivity contribution is 0.254. The maximum absolute atomic E-state index is 12.5. The van der Waals surface area contributed by atoms with E-state index in [1.165, 1.54) is 0 Å². The van der Waals surface area contributed by atoms with E-state index in [4.69, 9.17) is 28.3 Å². The molecule has 0 heterocycles. The first kappa shape index (κ1) is 18.7. The summed E-state index contributed by atoms with van der Waals surface area (Å²) in [5.41, 5.74) is 1.06. The second kappa shape index (κ2) is 7.79. The Morgan fingerprint density at radius 2 is 1.95 bits per heavy atom. The van der Waals surface area contributed by atoms with Gasteiger partial charge in [0, 0.05) is 18.2 Å². The van der Waals surface area contributed by atoms with Crippen molar-refractivity contribution in [1.82, 2.24) is 4.72 Å². The first-order valence-corrected chi connectivity index (χ1v) is 9.04. The van der Waals surface area contributed by atoms with Crippen LogP contribution in [0.2, 0.25) is 10.0 Å². The maximum Gasteiger partial charge on any atom is 0.242 e. The quantitative estimate of drug-likeness (QED) is 0.790. The third kappa shape index (κ3) is 4.57. The van der Waals surface area contributed by atoms with E-state index in [-0.39, 0.29) is 29.0 Å². The molecule has 0 saturated carbocycles. The molecule has 1 aromatic carbocycles. The van der Waals surface area contributed by atoms with Gasteiger partial charge in [0.2, 0.25) is 10.0 Å². The summed E-state index contributed by atoms with van der Waals surface area (Å²) in [6.07, 6.45) is 1.34. The Bertz CT molecular complexity index is 576. The molecule has 0 aliphatic heterocycles. The number of halogens is 2. The molecular weight excluding hydrogens is 333 g/mol. The SMILES string of the molecule is CCC(CCO)CNS(=O)(=O)c1c(C)c(Cl)cc(C)c1Cl. The Kier molecular flexibility index (Phi) is 6.94. The van der Waals surface area contributed by atoms with E-state index in [0.29, 0.717) is 22.6 Å². The summed E-state index contributed by atoms with van der Waals surface area (Å²) in [5.74, 6) is 0.0872. The van der Waals surface area contributed by atoms with Crippen LogP contribution >= 0.6 is 23.2 Å². The summed E-state index contributed by atoms with van der Waals surface area (Å²) in [7, 11) is -3.74. The van der Waals surface area contributed by atoms with Gasteiger partial charge in [0.25, 0.3) is 0 Å². The van der Waals surface area contributed by atoms with E-state index >= 15 is 0 Å². The van der Waals surface area contributed by atoms with Gasteiger partial charge in [-0.25, -0.2) is 13.1 Å². The minimum Gasteiger partial charge on any atom is -0.396 e. The van der Waals surface area contributed by atoms with E-state index < -0.39 is 10.0 Å². The second-order valence-electron chi connectivity index (χ2n) is 5.08. The van der Waals surface area contributed by atoms with Gasteiger partial charge in [-0.05, 0) is 43.4 Å². The molecule has 0 amide bonds. The zero-order chi connectivity index (χ0) is 16.2. The van der Waals surface area contributed by atoms with Crippen molar-refractivity contribution in [2.75, 3.05) is 13.2 Å². The monoisotopic (exact) mass is 353 g/mol. The fraction of sp³-hybridized carbons (Fsp3) is 0.571. The van der Waals surface area contributed by atoms with Crippen molar-refractivity contribution in [3.8, 4) is 0 Å². The summed E-state index contributed by atoms with van der Waals surface area (Å²) in [6, 6.07) is 1.65. The molecule has 1 atom stereocenters. The molecule has 0 aliphatic rings. The summed E-state index contributed by atoms with van der Waals surface area (Å²) in [5, 5.41) is 9.53. The molecule has 1 rings (SSSR count). The van der Waals surface area contributed by atoms with Crippen molar-refractivity contribution < 1.29 is 13.5 Å². The minimum absolute atomic E-state index is 0.0352. The lowest BCUT2D eigenvalue weighted by Crippen LogP contribution is -2.30. The second-order valence-corrected chi connectivity index (χ2v) is 7.57. The molecule has 120 valence electrons. The topological polar surface area (TPSA) is 66.4 Å². The first-order chi connectivity index (χ1) is 9.74. The smallest absolute Gasteiger partial charge is 0.242 e. The average molecular weight is 354 g/mol. The predicted molar refractivity (Wildman–Crippen MR) is 86.6 cm³/mol. The molecule has 0 aliphatic carbocycles. The third-order valence-corrected chi connectivity index (χ3v) is 6.12. The Balaban J connectivity index is 3.09. The standard InChI is InChI=1S/C14H21Cl2NO3S/c1-4-11(5-6-18)8-17-21(19,20)14-10(3)12(15)7-9(2)13(14)16/h7,11,17-18H,4-6,8H2,1-3H3. The van der Waals surface area contributed by atoms with Gasteiger partial charge in [-0.3, -0.25) is 0 Å². The molecule has 0 radical (unpaired) electrons. The van der Waals surface area contributed by atoms with E-state index in [2.05, 4.69) is 4.72 Å². The maximum atomic E-state index is 12.5. The van der Waals surface area contributed by atoms with Crippen LogP contribution in [0.4, 0.5) is 0 Å². The van der Waals surface area contributed by atoms with Gasteiger partial charge in [-0.1, -0.05) is 36.5 Å². The van der Waals surface area contributed by atoms with Crippen LogP contribution in [0.1, 0.15) is 30.9 Å². The average Bonchev–Trinajstić information content (AvgIpc) is 2.41. The Morgan fingerprint density at radius 1 is 1.33 bits per heavy atom. The number of aliphatic hydroxyl groups excluding tert-OH is 1. The van der Waals surface area contributed by atoms with E-state index in [0.717, 1.165) is 6.42 Å². The first-order valence-electron chi connectivity index (χ1n) is 6.80. The van der Waals surface area contributed by atoms with Crippen molar-refractivity contribution >= 4 is 33.2 Å². The van der Waals surface area contributed by atoms with Crippen LogP contribution in [0.15, 0.2) is 11.0 Å². The van der Waals surface area contributed by atoms with Crippen LogP contribution in [0, 0.1) is 19.8 Å². The molecule has 2 N–H and O–H groups in total. The van der Waals surface area contributed by atoms with Gasteiger partial charge in [-0.2, -0.15) is 0 Å². The van der Waals surface area contributed by atoms with E-state index in [1.807, 2.05) is 6.92 Å². The van der Waals surface area contributed by atoms with Gasteiger partial charge in [0.05, 0.1) is 5.02 Å². The van der Waals surface area contributed by atoms with Gasteiger partial charge in [0.15, 0.2) is 0 Å². The highest BCUT2D eigenvalue weighted by molar-refractivity contribution is 7.89. The van der Waals surface area contributed by atoms with Crippen molar-refractivity contribution in [2.45, 2.75) is 38.5 Å². The molecule has 0 saturated heterocycles. The molecule has 0 bridgehead atoms. The lowest BCUT2D eigenvalue weighted by atomic mass is 10.0. The van der Waals surface area contributed by atoms with Gasteiger partial charge in [0.1, 0.15) is 4.90 Å². The van der Waals surface area contributed by atoms with Crippen LogP contribution in [0.25, 0.3) is 0 Å². The molecule has 0 aromatic heterocycles. The van der Waals surface area contributed by atoms with Crippen molar-refractivity contribution in [3.05, 3.63) is 27.2 Å². The third-order valence-electron chi connectivity index (χ3n) is 3.53. The molecule has 21 heavy (non-hydrogen) atoms. The molecule has 7 heteroatoms. The molecule has 4 nitrogen and oxygen atoms in total. The zero-order valence-electron chi connectivity index (χ0n) is 12.4. The normalized spacial score (nSPS) is 13.4. The van der Waals surface area contributed by atoms with Crippen LogP contribution in [-0.2, 0) is 10.0 Å². The Labute approximate surface area is 136 Å². The minimum atomic E-state index is -3.74. The van der Waals surface area contributed by atoms with Crippen molar-refractivity contribution in [3.63, 3.8) is 0 Å². The van der Waals surface area contributed by atoms with Crippen molar-refractivity contribution in [2.24, 2.45) is 5.92 Å². The summed E-state index contributed by atoms with van der Waals surface area (Å²) >= 11 is 12.2. The van der Waals surface area contributed by atoms with Crippen LogP contribution in [0.3, 0.4) is 0 Å². The molecule has 0 fully saturated rings. The molecule has 0 spiro atoms. The fourth-order valence-electron chi connectivity index (χ4n) is 2.07. The van der Waals surface area contributed by atoms with Crippen LogP contribution < -0.4 is 4.72 Å². The highest BCUT2D eigenvalue weighted by Crippen LogP contribution is 2.33. The van der Waals surface area contributed by atoms with Gasteiger partial charge >= 0.3 is 0 Å². The van der Waals surface area contributed by atoms with E-state index in [1.54, 1.807) is 19.9 Å². The lowest BCUT2D eigenvalue weighted by Gasteiger charge is -2.17. The number of aliphatic hydroxyl groups is 1. The highest BCUT2D eigenvalue weighted by Gasteiger charge is 2.24. The van der Waals surface area contributed by atoms with Gasteiger partial charge in [-0.15, -0.1) is 0 Å². The largest absolute Gasteiger partial charge is 0.396 e. The summed E-state index contributed by atoms with van der Waals surface area (Å²) < 4.78 is 27.5. The molecule has 1 unspecified atom stereocenters. The molecule has 1 aromatic rings. The number of hydrogen-bond acceptors (Lipinski definition) is 3. The number of hydrogen-bond donors (Lipinski definition) is 2. The number of benzene rings is 1. The summed E-state index contributed by atoms with van der Waals surface area (Å²) in [6.45, 7) is 5.61. The summed E-state index contributed by atoms with van der Waals surface area (Å²) in [4.78, 5) is 0.0352. The van der Waals surface area contributed by atoms with Gasteiger partial charge < -0.3 is 5.11 Å². The number of sulfonamides is 1. The number of rotatable bonds is 7. The number of aryl methyl sites for hydroxylation is 1. The van der Waals surface area contributed by atoms with E-state index in [9.17, 15) is 8.42 Å². The molecular formula is C14H21Cl2NO3S. The Hall–Kier alpha value is -0.330.